The first-order chi connectivity index (χ1) is 10.0. The number of nitrogens with zero attached hydrogens (tertiary/aromatic N) is 2. The average molecular weight is 305 g/mol. The molecule has 0 aliphatic carbocycles. The van der Waals surface area contributed by atoms with Crippen LogP contribution in [0.25, 0.3) is 0 Å². The molecule has 7 heteroatoms. The van der Waals surface area contributed by atoms with Crippen LogP contribution in [-0.4, -0.2) is 19.2 Å². The van der Waals surface area contributed by atoms with Crippen molar-refractivity contribution < 1.29 is 12.8 Å². The molecule has 0 atom stereocenters. The fourth-order valence-electron chi connectivity index (χ4n) is 1.74. The Hall–Kier alpha value is -2.46. The van der Waals surface area contributed by atoms with E-state index in [0.717, 1.165) is 11.6 Å². The highest BCUT2D eigenvalue weighted by Gasteiger charge is 2.15. The zero-order valence-electron chi connectivity index (χ0n) is 11.0. The Balaban J connectivity index is 2.12. The maximum absolute atomic E-state index is 13.4. The number of nitriles is 1. The predicted molar refractivity (Wildman–Crippen MR) is 76.5 cm³/mol. The molecule has 0 spiro atoms. The molecule has 0 aliphatic heterocycles. The standard InChI is InChI=1S/C14H12FN3O2S/c15-13-2-1-3-14(12(13)10-16)18-21(19,20)9-6-11-4-7-17-8-5-11/h1-5,7-8,18H,6,9H2. The van der Waals surface area contributed by atoms with Crippen LogP contribution in [0.4, 0.5) is 10.1 Å². The van der Waals surface area contributed by atoms with Crippen LogP contribution < -0.4 is 4.72 Å². The second-order valence-electron chi connectivity index (χ2n) is 4.30. The van der Waals surface area contributed by atoms with Crippen molar-refractivity contribution in [3.63, 3.8) is 0 Å². The number of aromatic nitrogens is 1. The van der Waals surface area contributed by atoms with E-state index in [9.17, 15) is 12.8 Å². The highest BCUT2D eigenvalue weighted by molar-refractivity contribution is 7.92. The third-order valence-corrected chi connectivity index (χ3v) is 4.07. The molecule has 2 aromatic rings. The van der Waals surface area contributed by atoms with Gasteiger partial charge in [0.15, 0.2) is 0 Å². The van der Waals surface area contributed by atoms with Crippen molar-refractivity contribution in [3.05, 3.63) is 59.7 Å². The Bertz CT molecular complexity index is 771. The van der Waals surface area contributed by atoms with Crippen LogP contribution >= 0.6 is 0 Å². The van der Waals surface area contributed by atoms with Crippen molar-refractivity contribution in [3.8, 4) is 6.07 Å². The summed E-state index contributed by atoms with van der Waals surface area (Å²) < 4.78 is 39.6. The van der Waals surface area contributed by atoms with Gasteiger partial charge < -0.3 is 0 Å². The number of aryl methyl sites for hydroxylation is 1. The van der Waals surface area contributed by atoms with Gasteiger partial charge >= 0.3 is 0 Å². The lowest BCUT2D eigenvalue weighted by molar-refractivity contribution is 0.600. The minimum absolute atomic E-state index is 0.0489. The third kappa shape index (κ3) is 4.00. The number of anilines is 1. The van der Waals surface area contributed by atoms with Gasteiger partial charge in [0.05, 0.1) is 11.4 Å². The van der Waals surface area contributed by atoms with Gasteiger partial charge in [0.25, 0.3) is 0 Å². The lowest BCUT2D eigenvalue weighted by Crippen LogP contribution is -2.19. The topological polar surface area (TPSA) is 82.9 Å². The monoisotopic (exact) mass is 305 g/mol. The van der Waals surface area contributed by atoms with E-state index >= 15 is 0 Å². The Labute approximate surface area is 122 Å². The first kappa shape index (κ1) is 14.9. The largest absolute Gasteiger partial charge is 0.282 e. The summed E-state index contributed by atoms with van der Waals surface area (Å²) in [6, 6.07) is 8.89. The van der Waals surface area contributed by atoms with Gasteiger partial charge in [-0.15, -0.1) is 0 Å². The Morgan fingerprint density at radius 2 is 1.95 bits per heavy atom. The summed E-state index contributed by atoms with van der Waals surface area (Å²) in [5.74, 6) is -0.926. The molecule has 0 saturated carbocycles. The number of pyridine rings is 1. The van der Waals surface area contributed by atoms with Crippen molar-refractivity contribution in [1.29, 1.82) is 5.26 Å². The van der Waals surface area contributed by atoms with Gasteiger partial charge in [-0.3, -0.25) is 9.71 Å². The molecule has 0 fully saturated rings. The number of hydrogen-bond donors (Lipinski definition) is 1. The number of sulfonamides is 1. The highest BCUT2D eigenvalue weighted by atomic mass is 32.2. The van der Waals surface area contributed by atoms with E-state index in [-0.39, 0.29) is 17.0 Å². The number of rotatable bonds is 5. The smallest absolute Gasteiger partial charge is 0.233 e. The number of benzene rings is 1. The van der Waals surface area contributed by atoms with Gasteiger partial charge in [0.1, 0.15) is 17.4 Å². The fraction of sp³-hybridized carbons (Fsp3) is 0.143. The Kier molecular flexibility index (Phi) is 4.50. The van der Waals surface area contributed by atoms with Crippen LogP contribution in [0.3, 0.4) is 0 Å². The molecule has 0 unspecified atom stereocenters. The third-order valence-electron chi connectivity index (χ3n) is 2.80. The summed E-state index contributed by atoms with van der Waals surface area (Å²) in [6.45, 7) is 0. The van der Waals surface area contributed by atoms with Crippen molar-refractivity contribution in [2.45, 2.75) is 6.42 Å². The zero-order chi connectivity index (χ0) is 15.3. The summed E-state index contributed by atoms with van der Waals surface area (Å²) in [5, 5.41) is 8.87. The van der Waals surface area contributed by atoms with Gasteiger partial charge in [0, 0.05) is 12.4 Å². The van der Waals surface area contributed by atoms with Crippen LogP contribution in [0.15, 0.2) is 42.7 Å². The van der Waals surface area contributed by atoms with Crippen LogP contribution in [0, 0.1) is 17.1 Å². The van der Waals surface area contributed by atoms with E-state index in [0.29, 0.717) is 6.42 Å². The predicted octanol–water partition coefficient (Wildman–Crippen LogP) is 2.08. The normalized spacial score (nSPS) is 10.9. The molecule has 0 bridgehead atoms. The lowest BCUT2D eigenvalue weighted by atomic mass is 10.2. The maximum atomic E-state index is 13.4. The molecule has 0 saturated heterocycles. The van der Waals surface area contributed by atoms with E-state index in [1.54, 1.807) is 30.6 Å². The first-order valence-electron chi connectivity index (χ1n) is 6.10. The molecule has 1 heterocycles. The second kappa shape index (κ2) is 6.33. The van der Waals surface area contributed by atoms with Crippen molar-refractivity contribution in [2.24, 2.45) is 0 Å². The number of halogens is 1. The van der Waals surface area contributed by atoms with Crippen molar-refractivity contribution in [1.82, 2.24) is 4.98 Å². The van der Waals surface area contributed by atoms with E-state index in [1.807, 2.05) is 0 Å². The summed E-state index contributed by atoms with van der Waals surface area (Å²) in [4.78, 5) is 3.85. The van der Waals surface area contributed by atoms with Crippen LogP contribution in [0.2, 0.25) is 0 Å². The molecular formula is C14H12FN3O2S. The van der Waals surface area contributed by atoms with Gasteiger partial charge in [-0.1, -0.05) is 6.07 Å². The van der Waals surface area contributed by atoms with E-state index in [1.165, 1.54) is 12.1 Å². The molecule has 0 aliphatic rings. The second-order valence-corrected chi connectivity index (χ2v) is 6.14. The molecule has 0 radical (unpaired) electrons. The number of nitrogens with one attached hydrogen (secondary N) is 1. The molecule has 5 nitrogen and oxygen atoms in total. The van der Waals surface area contributed by atoms with Crippen molar-refractivity contribution in [2.75, 3.05) is 10.5 Å². The first-order valence-corrected chi connectivity index (χ1v) is 7.75. The fourth-order valence-corrected chi connectivity index (χ4v) is 2.85. The SMILES string of the molecule is N#Cc1c(F)cccc1NS(=O)(=O)CCc1ccncc1. The summed E-state index contributed by atoms with van der Waals surface area (Å²) in [7, 11) is -3.67. The van der Waals surface area contributed by atoms with E-state index in [2.05, 4.69) is 9.71 Å². The molecule has 0 amide bonds. The molecule has 2 rings (SSSR count). The molecule has 1 aromatic heterocycles. The van der Waals surface area contributed by atoms with E-state index < -0.39 is 15.8 Å². The lowest BCUT2D eigenvalue weighted by Gasteiger charge is -2.09. The average Bonchev–Trinajstić information content (AvgIpc) is 2.46. The van der Waals surface area contributed by atoms with Crippen molar-refractivity contribution >= 4 is 15.7 Å². The van der Waals surface area contributed by atoms with E-state index in [4.69, 9.17) is 5.26 Å². The van der Waals surface area contributed by atoms with Gasteiger partial charge in [-0.25, -0.2) is 12.8 Å². The Morgan fingerprint density at radius 1 is 1.24 bits per heavy atom. The molecule has 1 N–H and O–H groups in total. The summed E-state index contributed by atoms with van der Waals surface area (Å²) >= 11 is 0. The van der Waals surface area contributed by atoms with Gasteiger partial charge in [0.2, 0.25) is 10.0 Å². The summed E-state index contributed by atoms with van der Waals surface area (Å²) in [5.41, 5.74) is 0.465. The number of hydrogen-bond acceptors (Lipinski definition) is 4. The zero-order valence-corrected chi connectivity index (χ0v) is 11.8. The maximum Gasteiger partial charge on any atom is 0.233 e. The minimum Gasteiger partial charge on any atom is -0.282 e. The summed E-state index contributed by atoms with van der Waals surface area (Å²) in [6.07, 6.45) is 3.46. The van der Waals surface area contributed by atoms with Gasteiger partial charge in [-0.2, -0.15) is 5.26 Å². The van der Waals surface area contributed by atoms with Gasteiger partial charge in [-0.05, 0) is 36.2 Å². The highest BCUT2D eigenvalue weighted by Crippen LogP contribution is 2.19. The Morgan fingerprint density at radius 3 is 2.62 bits per heavy atom. The van der Waals surface area contributed by atoms with Crippen LogP contribution in [0.1, 0.15) is 11.1 Å². The van der Waals surface area contributed by atoms with Crippen LogP contribution in [-0.2, 0) is 16.4 Å². The minimum atomic E-state index is -3.67. The molecular weight excluding hydrogens is 293 g/mol. The molecule has 1 aromatic carbocycles. The quantitative estimate of drug-likeness (QED) is 0.916. The molecule has 108 valence electrons. The van der Waals surface area contributed by atoms with Crippen LogP contribution in [0.5, 0.6) is 0 Å². The molecule has 21 heavy (non-hydrogen) atoms.